The van der Waals surface area contributed by atoms with Gasteiger partial charge in [0.15, 0.2) is 12.4 Å². The highest BCUT2D eigenvalue weighted by Gasteiger charge is 2.31. The molecule has 0 atom stereocenters. The lowest BCUT2D eigenvalue weighted by molar-refractivity contribution is -0.385. The number of ketones is 1. The van der Waals surface area contributed by atoms with Crippen molar-refractivity contribution in [1.82, 2.24) is 0 Å². The zero-order valence-corrected chi connectivity index (χ0v) is 9.22. The molecule has 17 heavy (non-hydrogen) atoms. The first-order chi connectivity index (χ1) is 7.70. The zero-order chi connectivity index (χ0) is 13.2. The van der Waals surface area contributed by atoms with Crippen LogP contribution in [0.25, 0.3) is 0 Å². The number of halogens is 3. The summed E-state index contributed by atoms with van der Waals surface area (Å²) in [7, 11) is 0. The highest BCUT2D eigenvalue weighted by Crippen LogP contribution is 2.37. The van der Waals surface area contributed by atoms with E-state index in [1.807, 2.05) is 0 Å². The maximum absolute atomic E-state index is 11.9. The molecule has 0 aliphatic rings. The van der Waals surface area contributed by atoms with Gasteiger partial charge >= 0.3 is 11.9 Å². The summed E-state index contributed by atoms with van der Waals surface area (Å²) in [5.41, 5.74) is -0.635. The predicted molar refractivity (Wildman–Crippen MR) is 52.5 cm³/mol. The largest absolute Gasteiger partial charge is 0.469 e. The Kier molecular flexibility index (Phi) is 3.71. The highest BCUT2D eigenvalue weighted by molar-refractivity contribution is 7.16. The van der Waals surface area contributed by atoms with E-state index in [1.165, 1.54) is 0 Å². The number of carbonyl (C=O) groups excluding carboxylic acids is 1. The van der Waals surface area contributed by atoms with Crippen molar-refractivity contribution in [1.29, 1.82) is 0 Å². The number of nitro groups is 1. The van der Waals surface area contributed by atoms with Crippen molar-refractivity contribution < 1.29 is 27.6 Å². The van der Waals surface area contributed by atoms with Gasteiger partial charge in [-0.3, -0.25) is 14.9 Å². The Morgan fingerprint density at radius 3 is 2.59 bits per heavy atom. The van der Waals surface area contributed by atoms with E-state index in [2.05, 4.69) is 4.74 Å². The minimum absolute atomic E-state index is 0.0196. The molecule has 0 bridgehead atoms. The van der Waals surface area contributed by atoms with Crippen LogP contribution in [0, 0.1) is 10.1 Å². The predicted octanol–water partition coefficient (Wildman–Crippen LogP) is 2.80. The van der Waals surface area contributed by atoms with E-state index in [9.17, 15) is 28.1 Å². The van der Waals surface area contributed by atoms with Crippen LogP contribution in [0.1, 0.15) is 16.6 Å². The third kappa shape index (κ3) is 3.70. The van der Waals surface area contributed by atoms with E-state index in [0.29, 0.717) is 11.3 Å². The van der Waals surface area contributed by atoms with Gasteiger partial charge in [0.05, 0.1) is 9.80 Å². The standard InChI is InChI=1S/C8H6F3NO4S/c1-4(13)6-2-5(12(14)15)7(17-6)16-3-8(9,10)11/h2H,3H2,1H3. The summed E-state index contributed by atoms with van der Waals surface area (Å²) in [4.78, 5) is 20.6. The van der Waals surface area contributed by atoms with Crippen molar-refractivity contribution >= 4 is 22.8 Å². The molecule has 0 saturated carbocycles. The molecule has 1 aromatic heterocycles. The number of carbonyl (C=O) groups is 1. The monoisotopic (exact) mass is 269 g/mol. The molecule has 0 aliphatic heterocycles. The van der Waals surface area contributed by atoms with E-state index in [0.717, 1.165) is 13.0 Å². The average Bonchev–Trinajstić information content (AvgIpc) is 2.57. The molecular weight excluding hydrogens is 263 g/mol. The summed E-state index contributed by atoms with van der Waals surface area (Å²) in [6.07, 6.45) is -4.59. The molecule has 0 spiro atoms. The molecular formula is C8H6F3NO4S. The first-order valence-electron chi connectivity index (χ1n) is 4.19. The van der Waals surface area contributed by atoms with Crippen LogP contribution in [0.3, 0.4) is 0 Å². The fraction of sp³-hybridized carbons (Fsp3) is 0.375. The molecule has 0 aromatic carbocycles. The second-order valence-corrected chi connectivity index (χ2v) is 4.02. The Labute approximate surface area is 97.0 Å². The molecule has 1 heterocycles. The number of nitrogens with zero attached hydrogens (tertiary/aromatic N) is 1. The topological polar surface area (TPSA) is 69.4 Å². The Morgan fingerprint density at radius 2 is 2.18 bits per heavy atom. The molecule has 0 unspecified atom stereocenters. The molecule has 0 amide bonds. The number of hydrogen-bond acceptors (Lipinski definition) is 5. The number of alkyl halides is 3. The Morgan fingerprint density at radius 1 is 1.59 bits per heavy atom. The van der Waals surface area contributed by atoms with Gasteiger partial charge in [-0.1, -0.05) is 11.3 Å². The third-order valence-electron chi connectivity index (χ3n) is 1.59. The Hall–Kier alpha value is -1.64. The molecule has 9 heteroatoms. The highest BCUT2D eigenvalue weighted by atomic mass is 32.1. The van der Waals surface area contributed by atoms with Crippen LogP contribution in [0.4, 0.5) is 18.9 Å². The minimum atomic E-state index is -4.59. The number of hydrogen-bond donors (Lipinski definition) is 0. The van der Waals surface area contributed by atoms with E-state index in [4.69, 9.17) is 0 Å². The van der Waals surface area contributed by atoms with Gasteiger partial charge in [-0.2, -0.15) is 13.2 Å². The van der Waals surface area contributed by atoms with Gasteiger partial charge in [0.25, 0.3) is 5.06 Å². The fourth-order valence-electron chi connectivity index (χ4n) is 0.916. The lowest BCUT2D eigenvalue weighted by atomic mass is 10.3. The third-order valence-corrected chi connectivity index (χ3v) is 2.73. The van der Waals surface area contributed by atoms with E-state index < -0.39 is 34.2 Å². The molecule has 94 valence electrons. The van der Waals surface area contributed by atoms with Crippen LogP contribution in [0.5, 0.6) is 5.06 Å². The number of thiophene rings is 1. The van der Waals surface area contributed by atoms with Crippen molar-refractivity contribution in [3.05, 3.63) is 21.1 Å². The van der Waals surface area contributed by atoms with Crippen molar-refractivity contribution in [2.24, 2.45) is 0 Å². The molecule has 0 fully saturated rings. The molecule has 0 N–H and O–H groups in total. The summed E-state index contributed by atoms with van der Waals surface area (Å²) in [5, 5.41) is 10.0. The van der Waals surface area contributed by atoms with Gasteiger partial charge in [-0.15, -0.1) is 0 Å². The maximum atomic E-state index is 11.9. The zero-order valence-electron chi connectivity index (χ0n) is 8.41. The van der Waals surface area contributed by atoms with Gasteiger partial charge in [-0.05, 0) is 6.92 Å². The van der Waals surface area contributed by atoms with Gasteiger partial charge < -0.3 is 4.74 Å². The first kappa shape index (κ1) is 13.4. The molecule has 0 aliphatic carbocycles. The van der Waals surface area contributed by atoms with Crippen LogP contribution in [0.2, 0.25) is 0 Å². The summed E-state index contributed by atoms with van der Waals surface area (Å²) < 4.78 is 39.9. The molecule has 5 nitrogen and oxygen atoms in total. The smallest absolute Gasteiger partial charge is 0.422 e. The number of ether oxygens (including phenoxy) is 1. The lowest BCUT2D eigenvalue weighted by Crippen LogP contribution is -2.19. The first-order valence-corrected chi connectivity index (χ1v) is 5.01. The fourth-order valence-corrected chi connectivity index (χ4v) is 1.79. The van der Waals surface area contributed by atoms with Crippen molar-refractivity contribution in [3.8, 4) is 5.06 Å². The Balaban J connectivity index is 2.97. The van der Waals surface area contributed by atoms with E-state index in [-0.39, 0.29) is 4.88 Å². The van der Waals surface area contributed by atoms with Gasteiger partial charge in [-0.25, -0.2) is 0 Å². The normalized spacial score (nSPS) is 11.3. The van der Waals surface area contributed by atoms with Crippen LogP contribution >= 0.6 is 11.3 Å². The van der Waals surface area contributed by atoms with Gasteiger partial charge in [0.2, 0.25) is 0 Å². The van der Waals surface area contributed by atoms with E-state index >= 15 is 0 Å². The van der Waals surface area contributed by atoms with Crippen LogP contribution < -0.4 is 4.74 Å². The van der Waals surface area contributed by atoms with Gasteiger partial charge in [0.1, 0.15) is 0 Å². The molecule has 1 aromatic rings. The minimum Gasteiger partial charge on any atom is -0.469 e. The van der Waals surface area contributed by atoms with Crippen molar-refractivity contribution in [2.45, 2.75) is 13.1 Å². The van der Waals surface area contributed by atoms with Crippen LogP contribution in [-0.4, -0.2) is 23.5 Å². The summed E-state index contributed by atoms with van der Waals surface area (Å²) in [6, 6.07) is 0.901. The average molecular weight is 269 g/mol. The quantitative estimate of drug-likeness (QED) is 0.478. The summed E-state index contributed by atoms with van der Waals surface area (Å²) >= 11 is 0.523. The van der Waals surface area contributed by atoms with Crippen LogP contribution in [0.15, 0.2) is 6.07 Å². The molecule has 0 saturated heterocycles. The van der Waals surface area contributed by atoms with Crippen molar-refractivity contribution in [2.75, 3.05) is 6.61 Å². The summed E-state index contributed by atoms with van der Waals surface area (Å²) in [5.74, 6) is -0.472. The molecule has 1 rings (SSSR count). The maximum Gasteiger partial charge on any atom is 0.422 e. The van der Waals surface area contributed by atoms with Crippen molar-refractivity contribution in [3.63, 3.8) is 0 Å². The Bertz CT molecular complexity index is 454. The lowest BCUT2D eigenvalue weighted by Gasteiger charge is -2.06. The van der Waals surface area contributed by atoms with Gasteiger partial charge in [0, 0.05) is 6.07 Å². The SMILES string of the molecule is CC(=O)c1cc([N+](=O)[O-])c(OCC(F)(F)F)s1. The second kappa shape index (κ2) is 4.70. The summed E-state index contributed by atoms with van der Waals surface area (Å²) in [6.45, 7) is -0.477. The number of Topliss-reactive ketones (excluding diaryl/α,β-unsaturated/α-hetero) is 1. The second-order valence-electron chi connectivity index (χ2n) is 3.00. The molecule has 0 radical (unpaired) electrons. The van der Waals surface area contributed by atoms with E-state index in [1.54, 1.807) is 0 Å². The van der Waals surface area contributed by atoms with Crippen LogP contribution in [-0.2, 0) is 0 Å². The number of rotatable bonds is 4.